The standard InChI is InChI=1S/C16H23N5O2S/c1-12-18-13(2)21(19-12)10-14-9-20(5-6-23-14)11-16(22)17-8-15-4-3-7-24-15/h3-4,7,14H,5-6,8-11H2,1-2H3,(H,17,22)/t14-/m1/s1. The van der Waals surface area contributed by atoms with Gasteiger partial charge in [0.2, 0.25) is 5.91 Å². The van der Waals surface area contributed by atoms with E-state index in [9.17, 15) is 4.79 Å². The Balaban J connectivity index is 1.46. The maximum absolute atomic E-state index is 12.1. The first-order valence-corrected chi connectivity index (χ1v) is 8.99. The number of ether oxygens (including phenoxy) is 1. The lowest BCUT2D eigenvalue weighted by Crippen LogP contribution is -2.48. The summed E-state index contributed by atoms with van der Waals surface area (Å²) >= 11 is 1.65. The second-order valence-electron chi connectivity index (χ2n) is 5.97. The number of thiophene rings is 1. The number of aromatic nitrogens is 3. The highest BCUT2D eigenvalue weighted by molar-refractivity contribution is 7.09. The van der Waals surface area contributed by atoms with Crippen LogP contribution in [0.1, 0.15) is 16.5 Å². The normalized spacial score (nSPS) is 18.7. The predicted molar refractivity (Wildman–Crippen MR) is 91.8 cm³/mol. The quantitative estimate of drug-likeness (QED) is 0.841. The third-order valence-corrected chi connectivity index (χ3v) is 4.85. The van der Waals surface area contributed by atoms with Gasteiger partial charge >= 0.3 is 0 Å². The molecule has 1 saturated heterocycles. The van der Waals surface area contributed by atoms with Crippen LogP contribution >= 0.6 is 11.3 Å². The van der Waals surface area contributed by atoms with Crippen molar-refractivity contribution in [2.75, 3.05) is 26.2 Å². The van der Waals surface area contributed by atoms with Gasteiger partial charge in [0, 0.05) is 18.0 Å². The van der Waals surface area contributed by atoms with Gasteiger partial charge in [0.25, 0.3) is 0 Å². The van der Waals surface area contributed by atoms with Crippen molar-refractivity contribution in [3.05, 3.63) is 34.0 Å². The third-order valence-electron chi connectivity index (χ3n) is 3.97. The number of aryl methyl sites for hydroxylation is 2. The smallest absolute Gasteiger partial charge is 0.234 e. The Kier molecular flexibility index (Phi) is 5.60. The van der Waals surface area contributed by atoms with Crippen LogP contribution in [0.5, 0.6) is 0 Å². The van der Waals surface area contributed by atoms with Gasteiger partial charge in [-0.3, -0.25) is 9.69 Å². The van der Waals surface area contributed by atoms with Gasteiger partial charge in [0.1, 0.15) is 11.6 Å². The van der Waals surface area contributed by atoms with E-state index in [2.05, 4.69) is 20.3 Å². The molecule has 1 fully saturated rings. The molecule has 0 unspecified atom stereocenters. The molecule has 1 amide bonds. The van der Waals surface area contributed by atoms with Gasteiger partial charge in [0.05, 0.1) is 32.3 Å². The second kappa shape index (κ2) is 7.87. The summed E-state index contributed by atoms with van der Waals surface area (Å²) in [4.78, 5) is 19.7. The number of hydrogen-bond acceptors (Lipinski definition) is 6. The van der Waals surface area contributed by atoms with E-state index in [1.807, 2.05) is 36.0 Å². The average Bonchev–Trinajstić information content (AvgIpc) is 3.16. The van der Waals surface area contributed by atoms with Gasteiger partial charge in [-0.05, 0) is 25.3 Å². The maximum Gasteiger partial charge on any atom is 0.234 e. The first-order valence-electron chi connectivity index (χ1n) is 8.11. The molecule has 1 atom stereocenters. The van der Waals surface area contributed by atoms with Crippen molar-refractivity contribution in [3.63, 3.8) is 0 Å². The van der Waals surface area contributed by atoms with Crippen molar-refractivity contribution < 1.29 is 9.53 Å². The summed E-state index contributed by atoms with van der Waals surface area (Å²) in [5.41, 5.74) is 0. The van der Waals surface area contributed by atoms with Crippen molar-refractivity contribution in [3.8, 4) is 0 Å². The van der Waals surface area contributed by atoms with Crippen LogP contribution in [0.25, 0.3) is 0 Å². The zero-order valence-corrected chi connectivity index (χ0v) is 14.9. The Morgan fingerprint density at radius 1 is 1.50 bits per heavy atom. The number of nitrogens with zero attached hydrogens (tertiary/aromatic N) is 4. The van der Waals surface area contributed by atoms with Crippen LogP contribution in [0.4, 0.5) is 0 Å². The minimum atomic E-state index is 0.0312. The fourth-order valence-corrected chi connectivity index (χ4v) is 3.46. The van der Waals surface area contributed by atoms with Crippen LogP contribution in [-0.4, -0.2) is 57.9 Å². The van der Waals surface area contributed by atoms with E-state index in [0.717, 1.165) is 24.7 Å². The topological polar surface area (TPSA) is 72.3 Å². The lowest BCUT2D eigenvalue weighted by molar-refractivity contribution is -0.124. The SMILES string of the molecule is Cc1nc(C)n(C[C@H]2CN(CC(=O)NCc3cccs3)CCO2)n1. The molecular weight excluding hydrogens is 326 g/mol. The second-order valence-corrected chi connectivity index (χ2v) is 7.00. The molecule has 0 aliphatic carbocycles. The van der Waals surface area contributed by atoms with Gasteiger partial charge in [-0.1, -0.05) is 6.07 Å². The van der Waals surface area contributed by atoms with Crippen LogP contribution in [0.3, 0.4) is 0 Å². The van der Waals surface area contributed by atoms with E-state index >= 15 is 0 Å². The molecule has 0 aromatic carbocycles. The van der Waals surface area contributed by atoms with Crippen molar-refractivity contribution in [2.45, 2.75) is 33.0 Å². The monoisotopic (exact) mass is 349 g/mol. The van der Waals surface area contributed by atoms with Crippen molar-refractivity contribution in [2.24, 2.45) is 0 Å². The van der Waals surface area contributed by atoms with Gasteiger partial charge < -0.3 is 10.1 Å². The molecule has 1 aliphatic heterocycles. The molecule has 2 aromatic rings. The molecule has 24 heavy (non-hydrogen) atoms. The van der Waals surface area contributed by atoms with Crippen LogP contribution in [0, 0.1) is 13.8 Å². The van der Waals surface area contributed by atoms with Crippen molar-refractivity contribution in [1.29, 1.82) is 0 Å². The number of nitrogens with one attached hydrogen (secondary N) is 1. The van der Waals surface area contributed by atoms with Gasteiger partial charge in [-0.25, -0.2) is 9.67 Å². The van der Waals surface area contributed by atoms with E-state index < -0.39 is 0 Å². The number of carbonyl (C=O) groups excluding carboxylic acids is 1. The van der Waals surface area contributed by atoms with Crippen LogP contribution in [0.2, 0.25) is 0 Å². The number of amides is 1. The highest BCUT2D eigenvalue weighted by Crippen LogP contribution is 2.10. The molecule has 2 aromatic heterocycles. The summed E-state index contributed by atoms with van der Waals surface area (Å²) in [5, 5.41) is 9.36. The molecule has 7 nitrogen and oxygen atoms in total. The Morgan fingerprint density at radius 2 is 2.38 bits per heavy atom. The fourth-order valence-electron chi connectivity index (χ4n) is 2.82. The molecule has 0 bridgehead atoms. The van der Waals surface area contributed by atoms with Crippen molar-refractivity contribution in [1.82, 2.24) is 25.0 Å². The maximum atomic E-state index is 12.1. The molecule has 3 heterocycles. The molecule has 0 spiro atoms. The van der Waals surface area contributed by atoms with E-state index in [1.54, 1.807) is 11.3 Å². The predicted octanol–water partition coefficient (Wildman–Crippen LogP) is 0.974. The van der Waals surface area contributed by atoms with E-state index in [0.29, 0.717) is 26.2 Å². The van der Waals surface area contributed by atoms with Crippen molar-refractivity contribution >= 4 is 17.2 Å². The molecule has 1 aliphatic rings. The molecule has 3 rings (SSSR count). The van der Waals surface area contributed by atoms with Gasteiger partial charge in [0.15, 0.2) is 0 Å². The Hall–Kier alpha value is -1.77. The summed E-state index contributed by atoms with van der Waals surface area (Å²) in [6.45, 7) is 7.63. The highest BCUT2D eigenvalue weighted by atomic mass is 32.1. The minimum Gasteiger partial charge on any atom is -0.374 e. The van der Waals surface area contributed by atoms with E-state index in [1.165, 1.54) is 4.88 Å². The molecule has 8 heteroatoms. The van der Waals surface area contributed by atoms with Gasteiger partial charge in [-0.2, -0.15) is 5.10 Å². The lowest BCUT2D eigenvalue weighted by atomic mass is 10.2. The van der Waals surface area contributed by atoms with E-state index in [-0.39, 0.29) is 12.0 Å². The summed E-state index contributed by atoms with van der Waals surface area (Å²) in [7, 11) is 0. The molecular formula is C16H23N5O2S. The fraction of sp³-hybridized carbons (Fsp3) is 0.562. The number of morpholine rings is 1. The number of carbonyl (C=O) groups is 1. The molecule has 0 radical (unpaired) electrons. The number of hydrogen-bond donors (Lipinski definition) is 1. The van der Waals surface area contributed by atoms with Gasteiger partial charge in [-0.15, -0.1) is 11.3 Å². The molecule has 0 saturated carbocycles. The number of rotatable bonds is 6. The first kappa shape index (κ1) is 17.1. The average molecular weight is 349 g/mol. The highest BCUT2D eigenvalue weighted by Gasteiger charge is 2.23. The van der Waals surface area contributed by atoms with Crippen LogP contribution in [0.15, 0.2) is 17.5 Å². The summed E-state index contributed by atoms with van der Waals surface area (Å²) < 4.78 is 7.69. The largest absolute Gasteiger partial charge is 0.374 e. The van der Waals surface area contributed by atoms with E-state index in [4.69, 9.17) is 4.74 Å². The summed E-state index contributed by atoms with van der Waals surface area (Å²) in [6.07, 6.45) is 0.0312. The molecule has 1 N–H and O–H groups in total. The Morgan fingerprint density at radius 3 is 3.08 bits per heavy atom. The first-order chi connectivity index (χ1) is 11.6. The van der Waals surface area contributed by atoms with Crippen LogP contribution < -0.4 is 5.32 Å². The zero-order chi connectivity index (χ0) is 16.9. The minimum absolute atomic E-state index is 0.0312. The lowest BCUT2D eigenvalue weighted by Gasteiger charge is -2.32. The Bertz CT molecular complexity index is 670. The summed E-state index contributed by atoms with van der Waals surface area (Å²) in [5.74, 6) is 1.71. The zero-order valence-electron chi connectivity index (χ0n) is 14.1. The summed E-state index contributed by atoms with van der Waals surface area (Å²) in [6, 6.07) is 4.02. The Labute approximate surface area is 145 Å². The van der Waals surface area contributed by atoms with Crippen LogP contribution in [-0.2, 0) is 22.6 Å². The third kappa shape index (κ3) is 4.62. The molecule has 130 valence electrons.